The second-order valence-electron chi connectivity index (χ2n) is 2.59. The lowest BCUT2D eigenvalue weighted by molar-refractivity contribution is -0.389. The number of sulfonamides is 1. The van der Waals surface area contributed by atoms with Crippen molar-refractivity contribution in [3.05, 3.63) is 28.4 Å². The Balaban J connectivity index is 2.98. The van der Waals surface area contributed by atoms with Gasteiger partial charge in [-0.1, -0.05) is 0 Å². The quantitative estimate of drug-likeness (QED) is 0.442. The molecule has 0 radical (unpaired) electrons. The first-order valence-electron chi connectivity index (χ1n) is 3.94. The lowest BCUT2D eigenvalue weighted by Crippen LogP contribution is -2.24. The highest BCUT2D eigenvalue weighted by atomic mass is 32.2. The van der Waals surface area contributed by atoms with Crippen molar-refractivity contribution in [3.8, 4) is 6.07 Å². The molecule has 0 unspecified atom stereocenters. The number of rotatable bonds is 4. The summed E-state index contributed by atoms with van der Waals surface area (Å²) in [4.78, 5) is 12.7. The summed E-state index contributed by atoms with van der Waals surface area (Å²) in [6.45, 7) is -0.376. The second kappa shape index (κ2) is 4.65. The van der Waals surface area contributed by atoms with E-state index in [2.05, 4.69) is 4.98 Å². The SMILES string of the molecule is N#CCNS(=O)(=O)c1ccc([N+](=O)[O-])nc1. The molecule has 9 heteroatoms. The van der Waals surface area contributed by atoms with Gasteiger partial charge in [0.2, 0.25) is 10.0 Å². The summed E-state index contributed by atoms with van der Waals surface area (Å²) in [5.74, 6) is -0.445. The summed E-state index contributed by atoms with van der Waals surface area (Å²) in [5, 5.41) is 18.5. The van der Waals surface area contributed by atoms with Crippen LogP contribution in [0.25, 0.3) is 0 Å². The molecule has 0 atom stereocenters. The molecule has 0 saturated heterocycles. The minimum atomic E-state index is -3.82. The van der Waals surface area contributed by atoms with Crippen LogP contribution in [0.1, 0.15) is 0 Å². The Morgan fingerprint density at radius 3 is 2.69 bits per heavy atom. The van der Waals surface area contributed by atoms with E-state index in [-0.39, 0.29) is 11.4 Å². The molecule has 0 aliphatic heterocycles. The Kier molecular flexibility index (Phi) is 3.49. The number of nitriles is 1. The van der Waals surface area contributed by atoms with Gasteiger partial charge in [-0.25, -0.2) is 8.42 Å². The largest absolute Gasteiger partial charge is 0.363 e. The van der Waals surface area contributed by atoms with Gasteiger partial charge in [-0.2, -0.15) is 9.98 Å². The molecule has 0 aliphatic carbocycles. The monoisotopic (exact) mass is 242 g/mol. The summed E-state index contributed by atoms with van der Waals surface area (Å²) in [7, 11) is -3.82. The molecule has 8 nitrogen and oxygen atoms in total. The first kappa shape index (κ1) is 12.0. The van der Waals surface area contributed by atoms with Crippen LogP contribution in [0.5, 0.6) is 0 Å². The third kappa shape index (κ3) is 2.72. The molecule has 1 heterocycles. The fourth-order valence-electron chi connectivity index (χ4n) is 0.850. The molecule has 84 valence electrons. The van der Waals surface area contributed by atoms with E-state index < -0.39 is 20.8 Å². The van der Waals surface area contributed by atoms with Gasteiger partial charge >= 0.3 is 5.82 Å². The number of nitrogens with zero attached hydrogens (tertiary/aromatic N) is 3. The predicted molar refractivity (Wildman–Crippen MR) is 51.7 cm³/mol. The number of aromatic nitrogens is 1. The highest BCUT2D eigenvalue weighted by Gasteiger charge is 2.17. The van der Waals surface area contributed by atoms with Crippen molar-refractivity contribution in [2.75, 3.05) is 6.54 Å². The van der Waals surface area contributed by atoms with Crippen LogP contribution in [0, 0.1) is 21.4 Å². The van der Waals surface area contributed by atoms with Gasteiger partial charge in [-0.15, -0.1) is 0 Å². The molecule has 0 aliphatic rings. The molecule has 0 fully saturated rings. The summed E-state index contributed by atoms with van der Waals surface area (Å²) in [6.07, 6.45) is 0.859. The van der Waals surface area contributed by atoms with E-state index >= 15 is 0 Å². The van der Waals surface area contributed by atoms with Gasteiger partial charge in [0.25, 0.3) is 0 Å². The molecule has 1 aromatic heterocycles. The zero-order valence-electron chi connectivity index (χ0n) is 7.82. The van der Waals surface area contributed by atoms with Gasteiger partial charge in [0.1, 0.15) is 4.90 Å². The van der Waals surface area contributed by atoms with Crippen molar-refractivity contribution in [2.45, 2.75) is 4.90 Å². The Morgan fingerprint density at radius 1 is 1.56 bits per heavy atom. The van der Waals surface area contributed by atoms with Gasteiger partial charge in [0.05, 0.1) is 12.6 Å². The third-order valence-electron chi connectivity index (χ3n) is 1.56. The minimum absolute atomic E-state index is 0.228. The molecule has 0 amide bonds. The molecular weight excluding hydrogens is 236 g/mol. The van der Waals surface area contributed by atoms with Crippen LogP contribution in [0.3, 0.4) is 0 Å². The lowest BCUT2D eigenvalue weighted by Gasteiger charge is -2.00. The van der Waals surface area contributed by atoms with Gasteiger partial charge in [-0.3, -0.25) is 0 Å². The van der Waals surface area contributed by atoms with E-state index in [0.29, 0.717) is 0 Å². The van der Waals surface area contributed by atoms with Crippen molar-refractivity contribution in [1.29, 1.82) is 5.26 Å². The van der Waals surface area contributed by atoms with Gasteiger partial charge in [-0.05, 0) is 16.0 Å². The smallest absolute Gasteiger partial charge is 0.358 e. The maximum absolute atomic E-state index is 11.4. The fraction of sp³-hybridized carbons (Fsp3) is 0.143. The molecule has 0 aromatic carbocycles. The molecule has 0 spiro atoms. The Morgan fingerprint density at radius 2 is 2.25 bits per heavy atom. The van der Waals surface area contributed by atoms with E-state index in [9.17, 15) is 18.5 Å². The summed E-state index contributed by atoms with van der Waals surface area (Å²) in [5.41, 5.74) is 0. The maximum Gasteiger partial charge on any atom is 0.363 e. The van der Waals surface area contributed by atoms with Crippen molar-refractivity contribution in [2.24, 2.45) is 0 Å². The van der Waals surface area contributed by atoms with Crippen LogP contribution in [-0.2, 0) is 10.0 Å². The Bertz CT molecular complexity index is 531. The zero-order valence-corrected chi connectivity index (χ0v) is 8.64. The van der Waals surface area contributed by atoms with Crippen molar-refractivity contribution < 1.29 is 13.3 Å². The average molecular weight is 242 g/mol. The van der Waals surface area contributed by atoms with Crippen LogP contribution < -0.4 is 4.72 Å². The molecule has 1 rings (SSSR count). The third-order valence-corrected chi connectivity index (χ3v) is 2.95. The van der Waals surface area contributed by atoms with E-state index in [1.165, 1.54) is 0 Å². The van der Waals surface area contributed by atoms with E-state index in [1.54, 1.807) is 6.07 Å². The number of nitro groups is 1. The summed E-state index contributed by atoms with van der Waals surface area (Å²) in [6, 6.07) is 3.62. The topological polar surface area (TPSA) is 126 Å². The Labute approximate surface area is 90.7 Å². The summed E-state index contributed by atoms with van der Waals surface area (Å²) < 4.78 is 24.8. The highest BCUT2D eigenvalue weighted by Crippen LogP contribution is 2.11. The van der Waals surface area contributed by atoms with Crippen molar-refractivity contribution in [1.82, 2.24) is 9.71 Å². The molecule has 1 aromatic rings. The normalized spacial score (nSPS) is 10.7. The van der Waals surface area contributed by atoms with Crippen LogP contribution in [0.2, 0.25) is 0 Å². The van der Waals surface area contributed by atoms with Crippen molar-refractivity contribution >= 4 is 15.8 Å². The lowest BCUT2D eigenvalue weighted by atomic mass is 10.5. The standard InChI is InChI=1S/C7H6N4O4S/c8-3-4-10-16(14,15)6-1-2-7(9-5-6)11(12)13/h1-2,5,10H,4H2. The summed E-state index contributed by atoms with van der Waals surface area (Å²) >= 11 is 0. The predicted octanol–water partition coefficient (Wildman–Crippen LogP) is -0.208. The maximum atomic E-state index is 11.4. The molecule has 0 bridgehead atoms. The van der Waals surface area contributed by atoms with Crippen LogP contribution >= 0.6 is 0 Å². The average Bonchev–Trinajstić information content (AvgIpc) is 2.26. The number of nitrogens with one attached hydrogen (secondary N) is 1. The van der Waals surface area contributed by atoms with Crippen molar-refractivity contribution in [3.63, 3.8) is 0 Å². The fourth-order valence-corrected chi connectivity index (χ4v) is 1.71. The zero-order chi connectivity index (χ0) is 12.2. The van der Waals surface area contributed by atoms with Gasteiger partial charge in [0.15, 0.2) is 6.20 Å². The van der Waals surface area contributed by atoms with Gasteiger partial charge < -0.3 is 10.1 Å². The van der Waals surface area contributed by atoms with E-state index in [0.717, 1.165) is 18.3 Å². The number of hydrogen-bond donors (Lipinski definition) is 1. The molecule has 16 heavy (non-hydrogen) atoms. The molecule has 1 N–H and O–H groups in total. The van der Waals surface area contributed by atoms with E-state index in [1.807, 2.05) is 4.72 Å². The van der Waals surface area contributed by atoms with E-state index in [4.69, 9.17) is 5.26 Å². The van der Waals surface area contributed by atoms with Crippen LogP contribution in [0.15, 0.2) is 23.2 Å². The van der Waals surface area contributed by atoms with Crippen LogP contribution in [0.4, 0.5) is 5.82 Å². The number of hydrogen-bond acceptors (Lipinski definition) is 6. The Hall–Kier alpha value is -2.05. The number of pyridine rings is 1. The first-order chi connectivity index (χ1) is 7.47. The molecule has 0 saturated carbocycles. The first-order valence-corrected chi connectivity index (χ1v) is 5.43. The minimum Gasteiger partial charge on any atom is -0.358 e. The highest BCUT2D eigenvalue weighted by molar-refractivity contribution is 7.89. The van der Waals surface area contributed by atoms with Crippen LogP contribution in [-0.4, -0.2) is 24.9 Å². The molecular formula is C7H6N4O4S. The van der Waals surface area contributed by atoms with Gasteiger partial charge in [0, 0.05) is 6.07 Å². The second-order valence-corrected chi connectivity index (χ2v) is 4.36.